The van der Waals surface area contributed by atoms with E-state index in [0.29, 0.717) is 0 Å². The van der Waals surface area contributed by atoms with E-state index >= 15 is 0 Å². The molecule has 0 aliphatic heterocycles. The molecule has 86 valence electrons. The first-order valence-electron chi connectivity index (χ1n) is 3.85. The summed E-state index contributed by atoms with van der Waals surface area (Å²) < 4.78 is 7.16. The molecule has 1 atom stereocenters. The van der Waals surface area contributed by atoms with Crippen LogP contribution in [0.4, 0.5) is 0 Å². The largest absolute Gasteiger partial charge is 0.417 e. The van der Waals surface area contributed by atoms with Gasteiger partial charge in [-0.1, -0.05) is 0 Å². The number of carbonyl (C=O) groups is 2. The maximum atomic E-state index is 10.6. The minimum absolute atomic E-state index is 0.760. The first-order valence-corrected chi connectivity index (χ1v) is 4.65. The summed E-state index contributed by atoms with van der Waals surface area (Å²) in [4.78, 5) is 31.1. The minimum atomic E-state index is -1.87. The number of alkyl halides is 1. The van der Waals surface area contributed by atoms with Crippen molar-refractivity contribution >= 4 is 27.9 Å². The number of nitro groups is 1. The Kier molecular flexibility index (Phi) is 4.66. The second kappa shape index (κ2) is 5.06. The van der Waals surface area contributed by atoms with Crippen molar-refractivity contribution in [2.75, 3.05) is 0 Å². The van der Waals surface area contributed by atoms with Gasteiger partial charge in [-0.05, 0) is 0 Å². The lowest BCUT2D eigenvalue weighted by atomic mass is 10.3. The summed E-state index contributed by atoms with van der Waals surface area (Å²) in [5.74, 6) is -1.57. The highest BCUT2D eigenvalue weighted by Gasteiger charge is 2.48. The van der Waals surface area contributed by atoms with E-state index in [1.54, 1.807) is 0 Å². The van der Waals surface area contributed by atoms with E-state index < -0.39 is 27.6 Å². The average molecular weight is 284 g/mol. The predicted octanol–water partition coefficient (Wildman–Crippen LogP) is 0.826. The van der Waals surface area contributed by atoms with Crippen molar-refractivity contribution in [3.63, 3.8) is 0 Å². The Morgan fingerprint density at radius 2 is 1.67 bits per heavy atom. The zero-order valence-corrected chi connectivity index (χ0v) is 9.94. The van der Waals surface area contributed by atoms with Crippen LogP contribution in [-0.2, 0) is 19.1 Å². The van der Waals surface area contributed by atoms with Crippen LogP contribution in [0.1, 0.15) is 20.8 Å². The lowest BCUT2D eigenvalue weighted by Crippen LogP contribution is -2.45. The fourth-order valence-corrected chi connectivity index (χ4v) is 0.814. The Bertz CT molecular complexity index is 273. The lowest BCUT2D eigenvalue weighted by molar-refractivity contribution is -0.553. The molecule has 0 saturated heterocycles. The van der Waals surface area contributed by atoms with Gasteiger partial charge in [-0.25, -0.2) is 0 Å². The van der Waals surface area contributed by atoms with Gasteiger partial charge in [0.2, 0.25) is 0 Å². The van der Waals surface area contributed by atoms with Crippen LogP contribution in [-0.4, -0.2) is 27.6 Å². The van der Waals surface area contributed by atoms with Gasteiger partial charge < -0.3 is 9.47 Å². The Morgan fingerprint density at radius 3 is 1.87 bits per heavy atom. The van der Waals surface area contributed by atoms with Gasteiger partial charge in [0.1, 0.15) is 0 Å². The fraction of sp³-hybridized carbons (Fsp3) is 0.714. The molecule has 0 spiro atoms. The summed E-state index contributed by atoms with van der Waals surface area (Å²) in [5, 5.41) is 10.6. The molecule has 1 unspecified atom stereocenters. The molecule has 0 radical (unpaired) electrons. The summed E-state index contributed by atoms with van der Waals surface area (Å²) in [7, 11) is 0. The summed E-state index contributed by atoms with van der Waals surface area (Å²) in [6.07, 6.45) is -1.61. The number of hydrogen-bond acceptors (Lipinski definition) is 6. The van der Waals surface area contributed by atoms with Crippen LogP contribution in [0.15, 0.2) is 0 Å². The van der Waals surface area contributed by atoms with Gasteiger partial charge in [0.25, 0.3) is 0 Å². The molecule has 0 fully saturated rings. The van der Waals surface area contributed by atoms with Gasteiger partial charge in [0.15, 0.2) is 0 Å². The summed E-state index contributed by atoms with van der Waals surface area (Å²) in [6.45, 7) is 3.22. The molecule has 0 bridgehead atoms. The lowest BCUT2D eigenvalue weighted by Gasteiger charge is -2.23. The molecule has 0 amide bonds. The number of nitrogens with zero attached hydrogens (tertiary/aromatic N) is 1. The SMILES string of the molecule is CC(=O)OC(OC(C)=O)C(C)(Br)[N+](=O)[O-]. The van der Waals surface area contributed by atoms with Gasteiger partial charge >= 0.3 is 22.7 Å². The van der Waals surface area contributed by atoms with E-state index in [2.05, 4.69) is 25.4 Å². The van der Waals surface area contributed by atoms with Crippen molar-refractivity contribution in [2.24, 2.45) is 0 Å². The number of esters is 2. The molecule has 0 heterocycles. The van der Waals surface area contributed by atoms with Crippen LogP contribution in [0.5, 0.6) is 0 Å². The zero-order valence-electron chi connectivity index (χ0n) is 8.35. The molecule has 7 nitrogen and oxygen atoms in total. The molecule has 0 saturated carbocycles. The summed E-state index contributed by atoms with van der Waals surface area (Å²) >= 11 is 2.72. The monoisotopic (exact) mass is 283 g/mol. The van der Waals surface area contributed by atoms with Crippen molar-refractivity contribution in [1.29, 1.82) is 0 Å². The van der Waals surface area contributed by atoms with Gasteiger partial charge in [-0.15, -0.1) is 0 Å². The first kappa shape index (κ1) is 13.8. The fourth-order valence-electron chi connectivity index (χ4n) is 0.627. The number of hydrogen-bond donors (Lipinski definition) is 0. The average Bonchev–Trinajstić information content (AvgIpc) is 2.00. The molecule has 0 aliphatic rings. The topological polar surface area (TPSA) is 95.7 Å². The Balaban J connectivity index is 4.83. The number of carbonyl (C=O) groups excluding carboxylic acids is 2. The van der Waals surface area contributed by atoms with Gasteiger partial charge in [0, 0.05) is 41.6 Å². The minimum Gasteiger partial charge on any atom is -0.417 e. The molecular formula is C7H10BrNO6. The predicted molar refractivity (Wildman–Crippen MR) is 51.6 cm³/mol. The van der Waals surface area contributed by atoms with E-state index in [1.807, 2.05) is 0 Å². The third-order valence-corrected chi connectivity index (χ3v) is 2.00. The highest BCUT2D eigenvalue weighted by molar-refractivity contribution is 9.10. The van der Waals surface area contributed by atoms with E-state index in [4.69, 9.17) is 0 Å². The molecule has 0 rings (SSSR count). The van der Waals surface area contributed by atoms with E-state index in [0.717, 1.165) is 20.8 Å². The molecular weight excluding hydrogens is 274 g/mol. The van der Waals surface area contributed by atoms with Crippen LogP contribution in [0.2, 0.25) is 0 Å². The molecule has 0 N–H and O–H groups in total. The van der Waals surface area contributed by atoms with Crippen molar-refractivity contribution < 1.29 is 24.0 Å². The third-order valence-electron chi connectivity index (χ3n) is 1.33. The number of ether oxygens (including phenoxy) is 2. The van der Waals surface area contributed by atoms with Crippen molar-refractivity contribution in [1.82, 2.24) is 0 Å². The van der Waals surface area contributed by atoms with Gasteiger partial charge in [-0.2, -0.15) is 0 Å². The van der Waals surface area contributed by atoms with Crippen LogP contribution < -0.4 is 0 Å². The number of halogens is 1. The third kappa shape index (κ3) is 4.24. The van der Waals surface area contributed by atoms with Crippen molar-refractivity contribution in [3.8, 4) is 0 Å². The molecule has 0 aromatic carbocycles. The second-order valence-electron chi connectivity index (χ2n) is 2.83. The van der Waals surface area contributed by atoms with Crippen LogP contribution in [0, 0.1) is 10.1 Å². The highest BCUT2D eigenvalue weighted by Crippen LogP contribution is 2.26. The maximum Gasteiger partial charge on any atom is 0.344 e. The van der Waals surface area contributed by atoms with Gasteiger partial charge in [0.05, 0.1) is 0 Å². The summed E-state index contributed by atoms with van der Waals surface area (Å²) in [5.41, 5.74) is 0. The maximum absolute atomic E-state index is 10.6. The first-order chi connectivity index (χ1) is 6.67. The Labute approximate surface area is 94.0 Å². The van der Waals surface area contributed by atoms with Crippen molar-refractivity contribution in [2.45, 2.75) is 31.5 Å². The molecule has 15 heavy (non-hydrogen) atoms. The molecule has 0 aromatic heterocycles. The second-order valence-corrected chi connectivity index (χ2v) is 4.44. The van der Waals surface area contributed by atoms with E-state index in [1.165, 1.54) is 0 Å². The Morgan fingerprint density at radius 1 is 1.33 bits per heavy atom. The summed E-state index contributed by atoms with van der Waals surface area (Å²) in [6, 6.07) is 0. The van der Waals surface area contributed by atoms with Gasteiger partial charge in [-0.3, -0.25) is 19.7 Å². The number of rotatable bonds is 4. The zero-order chi connectivity index (χ0) is 12.2. The van der Waals surface area contributed by atoms with Crippen LogP contribution >= 0.6 is 15.9 Å². The normalized spacial score (nSPS) is 14.2. The highest BCUT2D eigenvalue weighted by atomic mass is 79.9. The molecule has 8 heteroatoms. The smallest absolute Gasteiger partial charge is 0.344 e. The Hall–Kier alpha value is -1.18. The van der Waals surface area contributed by atoms with E-state index in [-0.39, 0.29) is 0 Å². The molecule has 0 aromatic rings. The van der Waals surface area contributed by atoms with Crippen LogP contribution in [0.25, 0.3) is 0 Å². The molecule has 0 aliphatic carbocycles. The van der Waals surface area contributed by atoms with Crippen LogP contribution in [0.3, 0.4) is 0 Å². The quantitative estimate of drug-likeness (QED) is 0.189. The van der Waals surface area contributed by atoms with Crippen molar-refractivity contribution in [3.05, 3.63) is 10.1 Å². The standard InChI is InChI=1S/C7H10BrNO6/c1-4(10)14-6(15-5(2)11)7(3,8)9(12)13/h6H,1-3H3. The van der Waals surface area contributed by atoms with E-state index in [9.17, 15) is 19.7 Å².